The first kappa shape index (κ1) is 11.4. The van der Waals surface area contributed by atoms with E-state index in [1.54, 1.807) is 0 Å². The Morgan fingerprint density at radius 1 is 1.29 bits per heavy atom. The summed E-state index contributed by atoms with van der Waals surface area (Å²) < 4.78 is 0. The van der Waals surface area contributed by atoms with Crippen LogP contribution in [-0.4, -0.2) is 13.1 Å². The molecule has 14 heavy (non-hydrogen) atoms. The van der Waals surface area contributed by atoms with Crippen LogP contribution in [-0.2, 0) is 5.41 Å². The van der Waals surface area contributed by atoms with Crippen LogP contribution in [0, 0.1) is 0 Å². The summed E-state index contributed by atoms with van der Waals surface area (Å²) >= 11 is 0. The topological polar surface area (TPSA) is 3.24 Å². The highest BCUT2D eigenvalue weighted by Gasteiger charge is 2.33. The zero-order valence-corrected chi connectivity index (χ0v) is 9.90. The maximum atomic E-state index is 2.45. The van der Waals surface area contributed by atoms with E-state index in [-0.39, 0.29) is 12.4 Å². The van der Waals surface area contributed by atoms with E-state index < -0.39 is 0 Å². The van der Waals surface area contributed by atoms with Crippen molar-refractivity contribution in [3.05, 3.63) is 29.8 Å². The molecule has 0 aliphatic carbocycles. The van der Waals surface area contributed by atoms with Crippen molar-refractivity contribution >= 4 is 18.1 Å². The summed E-state index contributed by atoms with van der Waals surface area (Å²) in [6.45, 7) is 9.13. The molecular formula is C12H18ClN. The number of rotatable bonds is 1. The SMILES string of the molecule is CCN1CC(C)(C)c2ccccc21.Cl. The van der Waals surface area contributed by atoms with Gasteiger partial charge < -0.3 is 4.90 Å². The van der Waals surface area contributed by atoms with Crippen LogP contribution in [0.2, 0.25) is 0 Å². The van der Waals surface area contributed by atoms with E-state index in [1.165, 1.54) is 11.3 Å². The normalized spacial score (nSPS) is 17.5. The van der Waals surface area contributed by atoms with Crippen LogP contribution in [0.3, 0.4) is 0 Å². The first-order valence-electron chi connectivity index (χ1n) is 4.99. The molecule has 1 aliphatic heterocycles. The lowest BCUT2D eigenvalue weighted by Crippen LogP contribution is -2.28. The third-order valence-corrected chi connectivity index (χ3v) is 2.94. The van der Waals surface area contributed by atoms with Gasteiger partial charge in [-0.05, 0) is 18.6 Å². The zero-order valence-electron chi connectivity index (χ0n) is 9.08. The van der Waals surface area contributed by atoms with Gasteiger partial charge in [-0.1, -0.05) is 32.0 Å². The van der Waals surface area contributed by atoms with E-state index in [9.17, 15) is 0 Å². The van der Waals surface area contributed by atoms with Gasteiger partial charge >= 0.3 is 0 Å². The van der Waals surface area contributed by atoms with Crippen molar-refractivity contribution in [3.63, 3.8) is 0 Å². The van der Waals surface area contributed by atoms with Crippen molar-refractivity contribution in [1.82, 2.24) is 0 Å². The minimum atomic E-state index is 0. The highest BCUT2D eigenvalue weighted by atomic mass is 35.5. The number of anilines is 1. The summed E-state index contributed by atoms with van der Waals surface area (Å²) in [5.74, 6) is 0. The number of halogens is 1. The van der Waals surface area contributed by atoms with Crippen LogP contribution in [0.25, 0.3) is 0 Å². The standard InChI is InChI=1S/C12H17N.ClH/c1-4-13-9-12(2,3)10-7-5-6-8-11(10)13;/h5-8H,4,9H2,1-3H3;1H. The predicted octanol–water partition coefficient (Wildman–Crippen LogP) is 3.23. The fourth-order valence-corrected chi connectivity index (χ4v) is 2.25. The monoisotopic (exact) mass is 211 g/mol. The van der Waals surface area contributed by atoms with Crippen molar-refractivity contribution in [2.24, 2.45) is 0 Å². The highest BCUT2D eigenvalue weighted by Crippen LogP contribution is 2.39. The van der Waals surface area contributed by atoms with Crippen LogP contribution < -0.4 is 4.90 Å². The van der Waals surface area contributed by atoms with Crippen LogP contribution >= 0.6 is 12.4 Å². The fraction of sp³-hybridized carbons (Fsp3) is 0.500. The van der Waals surface area contributed by atoms with E-state index in [4.69, 9.17) is 0 Å². The molecule has 0 saturated carbocycles. The predicted molar refractivity (Wildman–Crippen MR) is 64.6 cm³/mol. The molecule has 0 radical (unpaired) electrons. The van der Waals surface area contributed by atoms with Gasteiger partial charge in [-0.2, -0.15) is 0 Å². The van der Waals surface area contributed by atoms with Gasteiger partial charge in [0.1, 0.15) is 0 Å². The van der Waals surface area contributed by atoms with Crippen LogP contribution in [0.4, 0.5) is 5.69 Å². The van der Waals surface area contributed by atoms with Gasteiger partial charge in [-0.3, -0.25) is 0 Å². The second kappa shape index (κ2) is 3.82. The van der Waals surface area contributed by atoms with E-state index in [1.807, 2.05) is 0 Å². The molecule has 1 aromatic rings. The number of fused-ring (bicyclic) bond motifs is 1. The second-order valence-corrected chi connectivity index (χ2v) is 4.42. The Labute approximate surface area is 92.5 Å². The summed E-state index contributed by atoms with van der Waals surface area (Å²) in [5.41, 5.74) is 3.25. The molecular weight excluding hydrogens is 194 g/mol. The van der Waals surface area contributed by atoms with Crippen molar-refractivity contribution in [2.75, 3.05) is 18.0 Å². The van der Waals surface area contributed by atoms with Crippen LogP contribution in [0.5, 0.6) is 0 Å². The van der Waals surface area contributed by atoms with Gasteiger partial charge in [0.25, 0.3) is 0 Å². The number of likely N-dealkylation sites (N-methyl/N-ethyl adjacent to an activating group) is 1. The Kier molecular flexibility index (Phi) is 3.10. The molecule has 0 atom stereocenters. The second-order valence-electron chi connectivity index (χ2n) is 4.42. The molecule has 0 spiro atoms. The Bertz CT molecular complexity index is 320. The third kappa shape index (κ3) is 1.61. The average molecular weight is 212 g/mol. The molecule has 0 bridgehead atoms. The van der Waals surface area contributed by atoms with Gasteiger partial charge in [-0.25, -0.2) is 0 Å². The number of hydrogen-bond acceptors (Lipinski definition) is 1. The number of nitrogens with zero attached hydrogens (tertiary/aromatic N) is 1. The summed E-state index contributed by atoms with van der Waals surface area (Å²) in [6, 6.07) is 8.75. The largest absolute Gasteiger partial charge is 0.371 e. The molecule has 2 heteroatoms. The number of para-hydroxylation sites is 1. The van der Waals surface area contributed by atoms with Crippen molar-refractivity contribution < 1.29 is 0 Å². The summed E-state index contributed by atoms with van der Waals surface area (Å²) in [7, 11) is 0. The first-order chi connectivity index (χ1) is 6.15. The maximum absolute atomic E-state index is 2.45. The molecule has 0 saturated heterocycles. The van der Waals surface area contributed by atoms with E-state index in [0.29, 0.717) is 5.41 Å². The molecule has 78 valence electrons. The van der Waals surface area contributed by atoms with Gasteiger partial charge in [0, 0.05) is 24.2 Å². The lowest BCUT2D eigenvalue weighted by Gasteiger charge is -2.20. The Balaban J connectivity index is 0.000000980. The van der Waals surface area contributed by atoms with Gasteiger partial charge in [0.2, 0.25) is 0 Å². The lowest BCUT2D eigenvalue weighted by molar-refractivity contribution is 0.554. The van der Waals surface area contributed by atoms with Crippen LogP contribution in [0.1, 0.15) is 26.3 Å². The highest BCUT2D eigenvalue weighted by molar-refractivity contribution is 5.85. The van der Waals surface area contributed by atoms with E-state index in [2.05, 4.69) is 49.9 Å². The van der Waals surface area contributed by atoms with E-state index in [0.717, 1.165) is 13.1 Å². The minimum Gasteiger partial charge on any atom is -0.371 e. The first-order valence-corrected chi connectivity index (χ1v) is 4.99. The quantitative estimate of drug-likeness (QED) is 0.690. The molecule has 0 amide bonds. The molecule has 2 rings (SSSR count). The molecule has 0 unspecified atom stereocenters. The Hall–Kier alpha value is -0.690. The Morgan fingerprint density at radius 2 is 1.93 bits per heavy atom. The number of hydrogen-bond donors (Lipinski definition) is 0. The molecule has 1 nitrogen and oxygen atoms in total. The van der Waals surface area contributed by atoms with Gasteiger partial charge in [0.15, 0.2) is 0 Å². The van der Waals surface area contributed by atoms with Crippen molar-refractivity contribution in [2.45, 2.75) is 26.2 Å². The maximum Gasteiger partial charge on any atom is 0.0405 e. The van der Waals surface area contributed by atoms with Crippen LogP contribution in [0.15, 0.2) is 24.3 Å². The summed E-state index contributed by atoms with van der Waals surface area (Å²) in [5, 5.41) is 0. The van der Waals surface area contributed by atoms with Crippen molar-refractivity contribution in [1.29, 1.82) is 0 Å². The molecule has 1 heterocycles. The van der Waals surface area contributed by atoms with Gasteiger partial charge in [-0.15, -0.1) is 12.4 Å². The minimum absolute atomic E-state index is 0. The molecule has 1 aromatic carbocycles. The fourth-order valence-electron chi connectivity index (χ4n) is 2.25. The van der Waals surface area contributed by atoms with Crippen molar-refractivity contribution in [3.8, 4) is 0 Å². The van der Waals surface area contributed by atoms with Gasteiger partial charge in [0.05, 0.1) is 0 Å². The summed E-state index contributed by atoms with van der Waals surface area (Å²) in [6.07, 6.45) is 0. The molecule has 0 fully saturated rings. The third-order valence-electron chi connectivity index (χ3n) is 2.94. The Morgan fingerprint density at radius 3 is 2.57 bits per heavy atom. The molecule has 0 aromatic heterocycles. The van der Waals surface area contributed by atoms with E-state index >= 15 is 0 Å². The molecule has 1 aliphatic rings. The zero-order chi connectivity index (χ0) is 9.47. The lowest BCUT2D eigenvalue weighted by atomic mass is 9.87. The summed E-state index contributed by atoms with van der Waals surface area (Å²) in [4.78, 5) is 2.45. The smallest absolute Gasteiger partial charge is 0.0405 e. The average Bonchev–Trinajstić information content (AvgIpc) is 2.39. The number of benzene rings is 1. The molecule has 0 N–H and O–H groups in total.